The minimum atomic E-state index is -4.55. The molecular formula is C25H24ClF3N4O2. The van der Waals surface area contributed by atoms with Crippen LogP contribution in [-0.2, 0) is 19.1 Å². The predicted octanol–water partition coefficient (Wildman–Crippen LogP) is 4.36. The Balaban J connectivity index is 0.00000289. The topological polar surface area (TPSA) is 86.1 Å². The Morgan fingerprint density at radius 3 is 2.29 bits per heavy atom. The second kappa shape index (κ2) is 8.82. The Bertz CT molecular complexity index is 1420. The molecule has 2 heterocycles. The molecule has 2 aromatic heterocycles. The minimum Gasteiger partial charge on any atom is -0.393 e. The molecule has 0 amide bonds. The van der Waals surface area contributed by atoms with Gasteiger partial charge in [0.2, 0.25) is 0 Å². The smallest absolute Gasteiger partial charge is 0.393 e. The maximum Gasteiger partial charge on any atom is 0.406 e. The average Bonchev–Trinajstić information content (AvgIpc) is 3.07. The molecule has 1 aliphatic rings. The number of nitrogens with two attached hydrogens (primary N) is 1. The van der Waals surface area contributed by atoms with Gasteiger partial charge in [-0.3, -0.25) is 9.36 Å². The quantitative estimate of drug-likeness (QED) is 0.432. The first kappa shape index (κ1) is 25.0. The van der Waals surface area contributed by atoms with Crippen LogP contribution in [0.3, 0.4) is 0 Å². The third kappa shape index (κ3) is 4.35. The highest BCUT2D eigenvalue weighted by Crippen LogP contribution is 2.42. The molecule has 1 aliphatic carbocycles. The Morgan fingerprint density at radius 2 is 1.71 bits per heavy atom. The van der Waals surface area contributed by atoms with E-state index in [9.17, 15) is 23.1 Å². The second-order valence-electron chi connectivity index (χ2n) is 8.94. The van der Waals surface area contributed by atoms with Crippen LogP contribution in [0.1, 0.15) is 18.4 Å². The maximum absolute atomic E-state index is 13.2. The summed E-state index contributed by atoms with van der Waals surface area (Å²) in [7, 11) is 1.74. The summed E-state index contributed by atoms with van der Waals surface area (Å²) in [6, 6.07) is 16.6. The fourth-order valence-electron chi connectivity index (χ4n) is 4.85. The van der Waals surface area contributed by atoms with Crippen LogP contribution in [0.15, 0.2) is 65.7 Å². The summed E-state index contributed by atoms with van der Waals surface area (Å²) >= 11 is 0. The van der Waals surface area contributed by atoms with Gasteiger partial charge < -0.3 is 15.4 Å². The van der Waals surface area contributed by atoms with Crippen molar-refractivity contribution in [2.75, 3.05) is 0 Å². The molecule has 2 aromatic carbocycles. The third-order valence-corrected chi connectivity index (χ3v) is 6.50. The van der Waals surface area contributed by atoms with E-state index in [0.717, 1.165) is 17.5 Å². The van der Waals surface area contributed by atoms with Gasteiger partial charge in [-0.2, -0.15) is 13.2 Å². The van der Waals surface area contributed by atoms with E-state index in [-0.39, 0.29) is 17.8 Å². The maximum atomic E-state index is 13.2. The lowest BCUT2D eigenvalue weighted by Crippen LogP contribution is -2.51. The van der Waals surface area contributed by atoms with Crippen molar-refractivity contribution < 1.29 is 18.3 Å². The SMILES string of the molecule is Cl.Cn1c(-c2ccc([C@]3(N)C[C@@H](O)C3)cc2)c(-c2ccccc2)c2c(=O)n(CC(F)(F)F)cnc21. The molecule has 1 fully saturated rings. The van der Waals surface area contributed by atoms with E-state index in [4.69, 9.17) is 5.73 Å². The van der Waals surface area contributed by atoms with Crippen molar-refractivity contribution in [1.29, 1.82) is 0 Å². The van der Waals surface area contributed by atoms with E-state index in [1.807, 2.05) is 54.6 Å². The zero-order chi connectivity index (χ0) is 24.3. The molecule has 5 rings (SSSR count). The molecule has 0 spiro atoms. The van der Waals surface area contributed by atoms with Crippen molar-refractivity contribution in [3.63, 3.8) is 0 Å². The van der Waals surface area contributed by atoms with Gasteiger partial charge in [0, 0.05) is 18.2 Å². The number of aliphatic hydroxyl groups excluding tert-OH is 1. The molecule has 184 valence electrons. The fraction of sp³-hybridized carbons (Fsp3) is 0.280. The van der Waals surface area contributed by atoms with E-state index in [0.29, 0.717) is 39.9 Å². The molecule has 0 radical (unpaired) electrons. The van der Waals surface area contributed by atoms with Crippen LogP contribution >= 0.6 is 12.4 Å². The number of fused-ring (bicyclic) bond motifs is 1. The van der Waals surface area contributed by atoms with E-state index in [1.54, 1.807) is 11.6 Å². The van der Waals surface area contributed by atoms with E-state index >= 15 is 0 Å². The van der Waals surface area contributed by atoms with Crippen molar-refractivity contribution in [3.8, 4) is 22.4 Å². The summed E-state index contributed by atoms with van der Waals surface area (Å²) < 4.78 is 41.5. The monoisotopic (exact) mass is 504 g/mol. The van der Waals surface area contributed by atoms with Crippen molar-refractivity contribution in [2.45, 2.75) is 37.2 Å². The van der Waals surface area contributed by atoms with Crippen molar-refractivity contribution >= 4 is 23.4 Å². The van der Waals surface area contributed by atoms with Gasteiger partial charge in [0.15, 0.2) is 0 Å². The lowest BCUT2D eigenvalue weighted by molar-refractivity contribution is -0.141. The fourth-order valence-corrected chi connectivity index (χ4v) is 4.85. The van der Waals surface area contributed by atoms with Crippen molar-refractivity contribution in [2.24, 2.45) is 12.8 Å². The minimum absolute atomic E-state index is 0. The summed E-state index contributed by atoms with van der Waals surface area (Å²) in [4.78, 5) is 17.5. The first-order chi connectivity index (χ1) is 16.1. The standard InChI is InChI=1S/C25H23F3N4O2.ClH/c1-31-21(16-7-9-17(10-8-16)24(29)11-18(33)12-24)19(15-5-3-2-4-6-15)20-22(31)30-14-32(23(20)34)13-25(26,27)28;/h2-10,14,18,33H,11-13,29H2,1H3;1H/t18-,24+;. The largest absolute Gasteiger partial charge is 0.406 e. The zero-order valence-electron chi connectivity index (χ0n) is 18.8. The summed E-state index contributed by atoms with van der Waals surface area (Å²) in [5.74, 6) is 0. The molecular weight excluding hydrogens is 481 g/mol. The number of aliphatic hydroxyl groups is 1. The second-order valence-corrected chi connectivity index (χ2v) is 8.94. The van der Waals surface area contributed by atoms with Gasteiger partial charge in [-0.1, -0.05) is 54.6 Å². The molecule has 0 aliphatic heterocycles. The van der Waals surface area contributed by atoms with Crippen LogP contribution in [0, 0.1) is 0 Å². The Hall–Kier alpha value is -3.14. The van der Waals surface area contributed by atoms with Gasteiger partial charge >= 0.3 is 6.18 Å². The summed E-state index contributed by atoms with van der Waals surface area (Å²) in [6.45, 7) is -1.41. The normalized spacial score (nSPS) is 19.9. The summed E-state index contributed by atoms with van der Waals surface area (Å²) in [6.07, 6.45) is -3.04. The summed E-state index contributed by atoms with van der Waals surface area (Å²) in [5.41, 5.74) is 8.94. The Kier molecular flexibility index (Phi) is 6.29. The van der Waals surface area contributed by atoms with Crippen molar-refractivity contribution in [1.82, 2.24) is 14.1 Å². The Labute approximate surface area is 205 Å². The number of rotatable bonds is 4. The van der Waals surface area contributed by atoms with Crippen LogP contribution in [0.5, 0.6) is 0 Å². The molecule has 4 aromatic rings. The highest BCUT2D eigenvalue weighted by Gasteiger charge is 2.41. The molecule has 0 bridgehead atoms. The van der Waals surface area contributed by atoms with Gasteiger partial charge in [0.1, 0.15) is 18.5 Å². The van der Waals surface area contributed by atoms with Gasteiger partial charge in [0.05, 0.1) is 17.2 Å². The number of hydrogen-bond acceptors (Lipinski definition) is 4. The highest BCUT2D eigenvalue weighted by molar-refractivity contribution is 6.02. The predicted molar refractivity (Wildman–Crippen MR) is 130 cm³/mol. The lowest BCUT2D eigenvalue weighted by Gasteiger charge is -2.42. The molecule has 0 unspecified atom stereocenters. The van der Waals surface area contributed by atoms with Crippen LogP contribution in [0.2, 0.25) is 0 Å². The molecule has 0 atom stereocenters. The van der Waals surface area contributed by atoms with E-state index < -0.39 is 29.9 Å². The van der Waals surface area contributed by atoms with Crippen LogP contribution in [0.4, 0.5) is 13.2 Å². The molecule has 1 saturated carbocycles. The van der Waals surface area contributed by atoms with Crippen LogP contribution < -0.4 is 11.3 Å². The van der Waals surface area contributed by atoms with Crippen LogP contribution in [-0.4, -0.2) is 31.5 Å². The number of benzene rings is 2. The average molecular weight is 505 g/mol. The first-order valence-electron chi connectivity index (χ1n) is 10.9. The van der Waals surface area contributed by atoms with Gasteiger partial charge in [-0.05, 0) is 29.5 Å². The zero-order valence-corrected chi connectivity index (χ0v) is 19.6. The lowest BCUT2D eigenvalue weighted by atomic mass is 9.70. The molecule has 6 nitrogen and oxygen atoms in total. The molecule has 10 heteroatoms. The van der Waals surface area contributed by atoms with Gasteiger partial charge in [-0.15, -0.1) is 12.4 Å². The number of alkyl halides is 3. The Morgan fingerprint density at radius 1 is 1.09 bits per heavy atom. The molecule has 0 saturated heterocycles. The molecule has 3 N–H and O–H groups in total. The van der Waals surface area contributed by atoms with Gasteiger partial charge in [-0.25, -0.2) is 4.98 Å². The molecule has 35 heavy (non-hydrogen) atoms. The highest BCUT2D eigenvalue weighted by atomic mass is 35.5. The number of hydrogen-bond donors (Lipinski definition) is 2. The third-order valence-electron chi connectivity index (χ3n) is 6.50. The number of aromatic nitrogens is 3. The number of aryl methyl sites for hydroxylation is 1. The number of nitrogens with zero attached hydrogens (tertiary/aromatic N) is 3. The van der Waals surface area contributed by atoms with Gasteiger partial charge in [0.25, 0.3) is 5.56 Å². The van der Waals surface area contributed by atoms with E-state index in [2.05, 4.69) is 4.98 Å². The number of halogens is 4. The van der Waals surface area contributed by atoms with Crippen LogP contribution in [0.25, 0.3) is 33.4 Å². The first-order valence-corrected chi connectivity index (χ1v) is 10.9. The van der Waals surface area contributed by atoms with Crippen molar-refractivity contribution in [3.05, 3.63) is 76.8 Å². The van der Waals surface area contributed by atoms with E-state index in [1.165, 1.54) is 0 Å². The summed E-state index contributed by atoms with van der Waals surface area (Å²) in [5, 5.41) is 9.82.